The van der Waals surface area contributed by atoms with Gasteiger partial charge in [-0.2, -0.15) is 16.3 Å². The zero-order chi connectivity index (χ0) is 16.8. The lowest BCUT2D eigenvalue weighted by atomic mass is 10.1. The summed E-state index contributed by atoms with van der Waals surface area (Å²) < 4.78 is 5.15. The van der Waals surface area contributed by atoms with Crippen molar-refractivity contribution in [3.05, 3.63) is 34.1 Å². The van der Waals surface area contributed by atoms with Gasteiger partial charge in [0.05, 0.1) is 6.04 Å². The van der Waals surface area contributed by atoms with Gasteiger partial charge in [0.1, 0.15) is 0 Å². The third-order valence-electron chi connectivity index (χ3n) is 3.61. The average Bonchev–Trinajstić information content (AvgIpc) is 3.16. The second kappa shape index (κ2) is 8.21. The van der Waals surface area contributed by atoms with Crippen molar-refractivity contribution in [1.29, 1.82) is 0 Å². The molecule has 2 aromatic rings. The number of aromatic nitrogens is 2. The van der Waals surface area contributed by atoms with Crippen LogP contribution in [0, 0.1) is 0 Å². The molecule has 0 aromatic carbocycles. The number of amides is 1. The minimum absolute atomic E-state index is 0.00336. The smallest absolute Gasteiger partial charge is 0.227 e. The van der Waals surface area contributed by atoms with E-state index in [0.29, 0.717) is 31.1 Å². The van der Waals surface area contributed by atoms with Crippen molar-refractivity contribution < 1.29 is 9.32 Å². The molecule has 0 aliphatic carbocycles. The molecule has 1 atom stereocenters. The van der Waals surface area contributed by atoms with Gasteiger partial charge in [0.15, 0.2) is 5.82 Å². The Morgan fingerprint density at radius 3 is 2.78 bits per heavy atom. The Morgan fingerprint density at radius 1 is 1.43 bits per heavy atom. The zero-order valence-electron chi connectivity index (χ0n) is 14.1. The number of likely N-dealkylation sites (N-methyl/N-ethyl adjacent to an activating group) is 1. The van der Waals surface area contributed by atoms with Gasteiger partial charge >= 0.3 is 0 Å². The number of carbonyl (C=O) groups is 1. The summed E-state index contributed by atoms with van der Waals surface area (Å²) in [5, 5.41) is 11.1. The van der Waals surface area contributed by atoms with Crippen LogP contribution in [0.5, 0.6) is 0 Å². The molecule has 0 fully saturated rings. The topological polar surface area (TPSA) is 71.3 Å². The third kappa shape index (κ3) is 5.14. The Bertz CT molecular complexity index is 607. The lowest BCUT2D eigenvalue weighted by Gasteiger charge is -2.23. The van der Waals surface area contributed by atoms with Crippen LogP contribution in [0.3, 0.4) is 0 Å². The predicted molar refractivity (Wildman–Crippen MR) is 90.5 cm³/mol. The molecule has 2 heterocycles. The first kappa shape index (κ1) is 17.6. The monoisotopic (exact) mass is 336 g/mol. The Morgan fingerprint density at radius 2 is 2.22 bits per heavy atom. The molecule has 23 heavy (non-hydrogen) atoms. The normalized spacial score (nSPS) is 12.8. The first-order chi connectivity index (χ1) is 11.0. The highest BCUT2D eigenvalue weighted by atomic mass is 32.1. The molecule has 0 aliphatic heterocycles. The van der Waals surface area contributed by atoms with Crippen LogP contribution in [0.2, 0.25) is 0 Å². The second-order valence-corrected chi connectivity index (χ2v) is 6.82. The number of aryl methyl sites for hydroxylation is 1. The third-order valence-corrected chi connectivity index (χ3v) is 4.31. The van der Waals surface area contributed by atoms with Crippen LogP contribution in [0.1, 0.15) is 49.5 Å². The van der Waals surface area contributed by atoms with E-state index in [1.807, 2.05) is 27.9 Å². The van der Waals surface area contributed by atoms with E-state index in [-0.39, 0.29) is 17.9 Å². The summed E-state index contributed by atoms with van der Waals surface area (Å²) in [6.45, 7) is 4.60. The van der Waals surface area contributed by atoms with Gasteiger partial charge < -0.3 is 14.7 Å². The summed E-state index contributed by atoms with van der Waals surface area (Å²) in [7, 11) is 4.03. The summed E-state index contributed by atoms with van der Waals surface area (Å²) >= 11 is 1.66. The van der Waals surface area contributed by atoms with Crippen molar-refractivity contribution in [2.75, 3.05) is 20.6 Å². The molecule has 0 bridgehead atoms. The highest BCUT2D eigenvalue weighted by Crippen LogP contribution is 2.20. The highest BCUT2D eigenvalue weighted by molar-refractivity contribution is 7.07. The molecule has 0 saturated heterocycles. The Balaban J connectivity index is 1.79. The maximum Gasteiger partial charge on any atom is 0.227 e. The van der Waals surface area contributed by atoms with Crippen molar-refractivity contribution >= 4 is 17.2 Å². The number of nitrogens with zero attached hydrogens (tertiary/aromatic N) is 3. The molecule has 1 N–H and O–H groups in total. The van der Waals surface area contributed by atoms with E-state index in [0.717, 1.165) is 0 Å². The number of carbonyl (C=O) groups excluding carboxylic acids is 1. The van der Waals surface area contributed by atoms with E-state index in [2.05, 4.69) is 37.2 Å². The average molecular weight is 336 g/mol. The van der Waals surface area contributed by atoms with Crippen molar-refractivity contribution in [3.63, 3.8) is 0 Å². The fourth-order valence-corrected chi connectivity index (χ4v) is 2.89. The first-order valence-electron chi connectivity index (χ1n) is 7.75. The summed E-state index contributed by atoms with van der Waals surface area (Å²) in [4.78, 5) is 18.4. The van der Waals surface area contributed by atoms with Crippen LogP contribution in [-0.2, 0) is 11.2 Å². The Kier molecular flexibility index (Phi) is 6.29. The molecule has 7 heteroatoms. The van der Waals surface area contributed by atoms with Gasteiger partial charge in [-0.25, -0.2) is 0 Å². The molecule has 6 nitrogen and oxygen atoms in total. The van der Waals surface area contributed by atoms with E-state index in [9.17, 15) is 4.79 Å². The van der Waals surface area contributed by atoms with Crippen LogP contribution < -0.4 is 5.32 Å². The van der Waals surface area contributed by atoms with Gasteiger partial charge in [-0.1, -0.05) is 19.0 Å². The van der Waals surface area contributed by atoms with Gasteiger partial charge in [-0.3, -0.25) is 4.79 Å². The van der Waals surface area contributed by atoms with Crippen molar-refractivity contribution in [2.45, 2.75) is 38.6 Å². The predicted octanol–water partition coefficient (Wildman–Crippen LogP) is 2.61. The molecule has 2 aromatic heterocycles. The van der Waals surface area contributed by atoms with Gasteiger partial charge in [0, 0.05) is 25.3 Å². The molecule has 0 spiro atoms. The standard InChI is InChI=1S/C16H24N4O2S/c1-11(2)16-18-15(22-19-16)6-5-14(21)17-9-13(20(3)4)12-7-8-23-10-12/h7-8,10-11,13H,5-6,9H2,1-4H3,(H,17,21). The SMILES string of the molecule is CC(C)c1noc(CCC(=O)NCC(c2ccsc2)N(C)C)n1. The molecule has 1 amide bonds. The highest BCUT2D eigenvalue weighted by Gasteiger charge is 2.16. The molecule has 1 unspecified atom stereocenters. The number of hydrogen-bond acceptors (Lipinski definition) is 6. The first-order valence-corrected chi connectivity index (χ1v) is 8.69. The molecule has 2 rings (SSSR count). The van der Waals surface area contributed by atoms with E-state index >= 15 is 0 Å². The summed E-state index contributed by atoms with van der Waals surface area (Å²) in [6, 6.07) is 2.27. The van der Waals surface area contributed by atoms with E-state index < -0.39 is 0 Å². The molecular weight excluding hydrogens is 312 g/mol. The van der Waals surface area contributed by atoms with E-state index in [4.69, 9.17) is 4.52 Å². The van der Waals surface area contributed by atoms with Crippen molar-refractivity contribution in [3.8, 4) is 0 Å². The Labute approximate surface area is 140 Å². The molecule has 0 saturated carbocycles. The largest absolute Gasteiger partial charge is 0.354 e. The fraction of sp³-hybridized carbons (Fsp3) is 0.562. The Hall–Kier alpha value is -1.73. The maximum atomic E-state index is 12.0. The molecular formula is C16H24N4O2S. The maximum absolute atomic E-state index is 12.0. The van der Waals surface area contributed by atoms with E-state index in [1.54, 1.807) is 11.3 Å². The minimum Gasteiger partial charge on any atom is -0.354 e. The zero-order valence-corrected chi connectivity index (χ0v) is 14.9. The number of hydrogen-bond donors (Lipinski definition) is 1. The van der Waals surface area contributed by atoms with Gasteiger partial charge in [0.25, 0.3) is 0 Å². The van der Waals surface area contributed by atoms with Crippen LogP contribution in [-0.4, -0.2) is 41.6 Å². The van der Waals surface area contributed by atoms with Gasteiger partial charge in [-0.05, 0) is 36.5 Å². The minimum atomic E-state index is -0.00336. The summed E-state index contributed by atoms with van der Waals surface area (Å²) in [5.41, 5.74) is 1.22. The summed E-state index contributed by atoms with van der Waals surface area (Å²) in [5.74, 6) is 1.43. The van der Waals surface area contributed by atoms with Crippen LogP contribution >= 0.6 is 11.3 Å². The molecule has 0 radical (unpaired) electrons. The lowest BCUT2D eigenvalue weighted by molar-refractivity contribution is -0.121. The molecule has 0 aliphatic rings. The summed E-state index contributed by atoms with van der Waals surface area (Å²) in [6.07, 6.45) is 0.820. The van der Waals surface area contributed by atoms with Gasteiger partial charge in [-0.15, -0.1) is 0 Å². The van der Waals surface area contributed by atoms with Crippen molar-refractivity contribution in [2.24, 2.45) is 0 Å². The number of rotatable bonds is 8. The lowest BCUT2D eigenvalue weighted by Crippen LogP contribution is -2.34. The van der Waals surface area contributed by atoms with Gasteiger partial charge in [0.2, 0.25) is 11.8 Å². The van der Waals surface area contributed by atoms with E-state index in [1.165, 1.54) is 5.56 Å². The van der Waals surface area contributed by atoms with Crippen LogP contribution in [0.15, 0.2) is 21.3 Å². The van der Waals surface area contributed by atoms with Crippen molar-refractivity contribution in [1.82, 2.24) is 20.4 Å². The number of nitrogens with one attached hydrogen (secondary N) is 1. The molecule has 126 valence electrons. The number of thiophene rings is 1. The fourth-order valence-electron chi connectivity index (χ4n) is 2.19. The van der Waals surface area contributed by atoms with Crippen LogP contribution in [0.25, 0.3) is 0 Å². The quantitative estimate of drug-likeness (QED) is 0.802. The van der Waals surface area contributed by atoms with Crippen LogP contribution in [0.4, 0.5) is 0 Å². The second-order valence-electron chi connectivity index (χ2n) is 6.04.